The van der Waals surface area contributed by atoms with Gasteiger partial charge in [-0.15, -0.1) is 0 Å². The van der Waals surface area contributed by atoms with Gasteiger partial charge in [0.2, 0.25) is 0 Å². The first kappa shape index (κ1) is 89.1. The van der Waals surface area contributed by atoms with Crippen molar-refractivity contribution in [2.24, 2.45) is 23.7 Å². The molecule has 0 spiro atoms. The van der Waals surface area contributed by atoms with Gasteiger partial charge in [0, 0.05) is 25.7 Å². The van der Waals surface area contributed by atoms with E-state index in [2.05, 4.69) is 55.4 Å². The largest absolute Gasteiger partial charge is 0.472 e. The fraction of sp³-hybridized carbons (Fsp3) is 0.944. The van der Waals surface area contributed by atoms with Gasteiger partial charge >= 0.3 is 39.5 Å². The molecule has 0 bridgehead atoms. The van der Waals surface area contributed by atoms with Crippen molar-refractivity contribution < 1.29 is 80.2 Å². The highest BCUT2D eigenvalue weighted by atomic mass is 31.2. The van der Waals surface area contributed by atoms with Gasteiger partial charge in [-0.2, -0.15) is 0 Å². The lowest BCUT2D eigenvalue weighted by Gasteiger charge is -2.21. The fourth-order valence-corrected chi connectivity index (χ4v) is 12.4. The smallest absolute Gasteiger partial charge is 0.462 e. The van der Waals surface area contributed by atoms with Crippen LogP contribution in [0.4, 0.5) is 0 Å². The predicted octanol–water partition coefficient (Wildman–Crippen LogP) is 20.5. The quantitative estimate of drug-likeness (QED) is 0.0222. The highest BCUT2D eigenvalue weighted by molar-refractivity contribution is 7.47. The van der Waals surface area contributed by atoms with Crippen LogP contribution in [0.2, 0.25) is 0 Å². The number of carbonyl (C=O) groups is 4. The molecule has 0 rings (SSSR count). The van der Waals surface area contributed by atoms with E-state index in [1.54, 1.807) is 0 Å². The van der Waals surface area contributed by atoms with E-state index in [0.717, 1.165) is 108 Å². The maximum Gasteiger partial charge on any atom is 0.472 e. The standard InChI is InChI=1S/C72H140O17P2/c1-9-65(8)51-43-35-25-20-18-16-14-12-10-11-13-15-17-19-21-26-36-44-52-69(74)82-58-68(89-72(77)55-47-39-31-29-34-42-50-64(6)7)61-87-91(80,81)85-57-66(73)56-84-90(78,79)86-60-67(59-83-70(75)53-45-37-30-28-33-41-49-63(4)5)88-71(76)54-46-38-27-23-22-24-32-40-48-62(2)3/h62-68,73H,9-61H2,1-8H3,(H,78,79)(H,80,81)/t65?,66-,67+,68+/m0/s1. The summed E-state index contributed by atoms with van der Waals surface area (Å²) < 4.78 is 68.2. The lowest BCUT2D eigenvalue weighted by molar-refractivity contribution is -0.161. The second kappa shape index (κ2) is 61.6. The van der Waals surface area contributed by atoms with Gasteiger partial charge in [0.25, 0.3) is 0 Å². The summed E-state index contributed by atoms with van der Waals surface area (Å²) >= 11 is 0. The average molecular weight is 1340 g/mol. The molecule has 3 N–H and O–H groups in total. The molecule has 540 valence electrons. The monoisotopic (exact) mass is 1340 g/mol. The highest BCUT2D eigenvalue weighted by Crippen LogP contribution is 2.45. The number of aliphatic hydroxyl groups excluding tert-OH is 1. The second-order valence-corrected chi connectivity index (χ2v) is 30.6. The number of carbonyl (C=O) groups excluding carboxylic acids is 4. The van der Waals surface area contributed by atoms with Crippen LogP contribution in [0.5, 0.6) is 0 Å². The van der Waals surface area contributed by atoms with Crippen LogP contribution in [0.25, 0.3) is 0 Å². The Balaban J connectivity index is 5.08. The first-order chi connectivity index (χ1) is 43.6. The van der Waals surface area contributed by atoms with E-state index in [-0.39, 0.29) is 25.7 Å². The van der Waals surface area contributed by atoms with Gasteiger partial charge in [0.1, 0.15) is 19.3 Å². The van der Waals surface area contributed by atoms with Crippen LogP contribution in [0.3, 0.4) is 0 Å². The van der Waals surface area contributed by atoms with Gasteiger partial charge < -0.3 is 33.8 Å². The Hall–Kier alpha value is -1.94. The lowest BCUT2D eigenvalue weighted by atomic mass is 9.99. The van der Waals surface area contributed by atoms with Crippen LogP contribution in [0, 0.1) is 23.7 Å². The number of phosphoric ester groups is 2. The van der Waals surface area contributed by atoms with Crippen molar-refractivity contribution in [2.45, 2.75) is 375 Å². The third-order valence-corrected chi connectivity index (χ3v) is 18.8. The van der Waals surface area contributed by atoms with E-state index in [0.29, 0.717) is 37.5 Å². The van der Waals surface area contributed by atoms with Crippen molar-refractivity contribution in [3.63, 3.8) is 0 Å². The number of hydrogen-bond donors (Lipinski definition) is 3. The van der Waals surface area contributed by atoms with Crippen LogP contribution in [0.1, 0.15) is 357 Å². The minimum Gasteiger partial charge on any atom is -0.462 e. The molecule has 0 aromatic carbocycles. The maximum atomic E-state index is 13.0. The molecule has 91 heavy (non-hydrogen) atoms. The number of unbranched alkanes of at least 4 members (excludes halogenated alkanes) is 34. The molecule has 3 unspecified atom stereocenters. The van der Waals surface area contributed by atoms with Crippen LogP contribution in [-0.2, 0) is 65.4 Å². The van der Waals surface area contributed by atoms with E-state index in [1.165, 1.54) is 154 Å². The Kier molecular flexibility index (Phi) is 60.3. The minimum absolute atomic E-state index is 0.102. The zero-order valence-corrected chi connectivity index (χ0v) is 61.3. The summed E-state index contributed by atoms with van der Waals surface area (Å²) in [7, 11) is -9.90. The number of rotatable bonds is 69. The summed E-state index contributed by atoms with van der Waals surface area (Å²) in [5.74, 6) is 0.804. The summed E-state index contributed by atoms with van der Waals surface area (Å²) in [4.78, 5) is 72.4. The molecule has 0 saturated heterocycles. The zero-order chi connectivity index (χ0) is 67.5. The van der Waals surface area contributed by atoms with Gasteiger partial charge in [-0.05, 0) is 49.4 Å². The molecule has 0 heterocycles. The van der Waals surface area contributed by atoms with Gasteiger partial charge in [-0.25, -0.2) is 9.13 Å². The first-order valence-electron chi connectivity index (χ1n) is 37.2. The predicted molar refractivity (Wildman–Crippen MR) is 367 cm³/mol. The topological polar surface area (TPSA) is 237 Å². The molecule has 0 aliphatic carbocycles. The Morgan fingerprint density at radius 1 is 0.308 bits per heavy atom. The zero-order valence-electron chi connectivity index (χ0n) is 59.5. The van der Waals surface area contributed by atoms with E-state index in [1.807, 2.05) is 0 Å². The Morgan fingerprint density at radius 2 is 0.527 bits per heavy atom. The first-order valence-corrected chi connectivity index (χ1v) is 40.2. The van der Waals surface area contributed by atoms with Crippen molar-refractivity contribution in [1.82, 2.24) is 0 Å². The average Bonchev–Trinajstić information content (AvgIpc) is 3.67. The maximum absolute atomic E-state index is 13.0. The minimum atomic E-state index is -4.95. The number of esters is 4. The van der Waals surface area contributed by atoms with Crippen LogP contribution >= 0.6 is 15.6 Å². The molecular formula is C72H140O17P2. The summed E-state index contributed by atoms with van der Waals surface area (Å²) in [5, 5.41) is 10.6. The Labute approximate surface area is 556 Å². The van der Waals surface area contributed by atoms with E-state index in [4.69, 9.17) is 37.0 Å². The lowest BCUT2D eigenvalue weighted by Crippen LogP contribution is -2.30. The van der Waals surface area contributed by atoms with Crippen molar-refractivity contribution >= 4 is 39.5 Å². The summed E-state index contributed by atoms with van der Waals surface area (Å²) in [5.41, 5.74) is 0. The summed E-state index contributed by atoms with van der Waals surface area (Å²) in [6.07, 6.45) is 45.0. The number of phosphoric acid groups is 2. The molecule has 0 radical (unpaired) electrons. The molecule has 0 fully saturated rings. The molecule has 19 heteroatoms. The molecular weight excluding hydrogens is 1200 g/mol. The molecule has 0 aromatic rings. The highest BCUT2D eigenvalue weighted by Gasteiger charge is 2.30. The summed E-state index contributed by atoms with van der Waals surface area (Å²) in [6.45, 7) is 14.0. The van der Waals surface area contributed by atoms with Crippen LogP contribution in [0.15, 0.2) is 0 Å². The van der Waals surface area contributed by atoms with E-state index in [9.17, 15) is 43.2 Å². The van der Waals surface area contributed by atoms with Gasteiger partial charge in [-0.1, -0.05) is 306 Å². The molecule has 17 nitrogen and oxygen atoms in total. The second-order valence-electron chi connectivity index (χ2n) is 27.6. The van der Waals surface area contributed by atoms with Gasteiger partial charge in [-0.3, -0.25) is 37.3 Å². The van der Waals surface area contributed by atoms with E-state index < -0.39 is 97.5 Å². The third kappa shape index (κ3) is 65.1. The molecule has 0 amide bonds. The molecule has 0 aliphatic rings. The Morgan fingerprint density at radius 3 is 0.780 bits per heavy atom. The van der Waals surface area contributed by atoms with E-state index >= 15 is 0 Å². The fourth-order valence-electron chi connectivity index (χ4n) is 10.8. The SMILES string of the molecule is CCC(C)CCCCCCCCCCCCCCCCCCCCC(=O)OC[C@H](COP(=O)(O)OC[C@@H](O)COP(=O)(O)OC[C@@H](COC(=O)CCCCCCCCC(C)C)OC(=O)CCCCCCCCCCC(C)C)OC(=O)CCCCCCCCC(C)C. The van der Waals surface area contributed by atoms with Crippen molar-refractivity contribution in [2.75, 3.05) is 39.6 Å². The number of aliphatic hydroxyl groups is 1. The Bertz CT molecular complexity index is 1800. The van der Waals surface area contributed by atoms with Crippen molar-refractivity contribution in [1.29, 1.82) is 0 Å². The number of ether oxygens (including phenoxy) is 4. The molecule has 6 atom stereocenters. The van der Waals surface area contributed by atoms with Crippen molar-refractivity contribution in [3.8, 4) is 0 Å². The molecule has 0 saturated carbocycles. The molecule has 0 aliphatic heterocycles. The number of hydrogen-bond acceptors (Lipinski definition) is 15. The van der Waals surface area contributed by atoms with Crippen molar-refractivity contribution in [3.05, 3.63) is 0 Å². The summed E-state index contributed by atoms with van der Waals surface area (Å²) in [6, 6.07) is 0. The normalized spacial score (nSPS) is 14.5. The van der Waals surface area contributed by atoms with Gasteiger partial charge in [0.05, 0.1) is 26.4 Å². The van der Waals surface area contributed by atoms with Gasteiger partial charge in [0.15, 0.2) is 12.2 Å². The van der Waals surface area contributed by atoms with Crippen LogP contribution in [-0.4, -0.2) is 96.7 Å². The van der Waals surface area contributed by atoms with Crippen LogP contribution < -0.4 is 0 Å². The third-order valence-electron chi connectivity index (χ3n) is 16.9. The molecule has 0 aromatic heterocycles.